The normalized spacial score (nSPS) is 11.7. The van der Waals surface area contributed by atoms with E-state index in [1.807, 2.05) is 12.3 Å². The van der Waals surface area contributed by atoms with Crippen LogP contribution < -0.4 is 0 Å². The van der Waals surface area contributed by atoms with E-state index in [2.05, 4.69) is 49.7 Å². The molecule has 0 N–H and O–H groups in total. The van der Waals surface area contributed by atoms with Gasteiger partial charge in [0.05, 0.1) is 0 Å². The Balaban J connectivity index is 2.39. The van der Waals surface area contributed by atoms with Gasteiger partial charge in [-0.1, -0.05) is 19.9 Å². The summed E-state index contributed by atoms with van der Waals surface area (Å²) >= 11 is 0. The maximum absolute atomic E-state index is 4.38. The minimum absolute atomic E-state index is 0.623. The molecule has 1 aromatic rings. The van der Waals surface area contributed by atoms with Crippen molar-refractivity contribution in [3.05, 3.63) is 30.1 Å². The predicted molar refractivity (Wildman–Crippen MR) is 74.1 cm³/mol. The largest absolute Gasteiger partial charge is 0.301 e. The van der Waals surface area contributed by atoms with Crippen LogP contribution in [0.25, 0.3) is 0 Å². The van der Waals surface area contributed by atoms with Crippen LogP contribution >= 0.6 is 0 Å². The average molecular weight is 234 g/mol. The molecule has 1 heterocycles. The van der Waals surface area contributed by atoms with Gasteiger partial charge in [-0.2, -0.15) is 0 Å². The lowest BCUT2D eigenvalue weighted by molar-refractivity contribution is 0.211. The van der Waals surface area contributed by atoms with Crippen LogP contribution in [-0.4, -0.2) is 29.0 Å². The highest BCUT2D eigenvalue weighted by molar-refractivity contribution is 5.03. The van der Waals surface area contributed by atoms with Gasteiger partial charge in [0.15, 0.2) is 0 Å². The van der Waals surface area contributed by atoms with Crippen molar-refractivity contribution >= 4 is 0 Å². The van der Waals surface area contributed by atoms with Crippen molar-refractivity contribution in [3.63, 3.8) is 0 Å². The Labute approximate surface area is 106 Å². The minimum Gasteiger partial charge on any atom is -0.301 e. The molecule has 2 heteroatoms. The third-order valence-corrected chi connectivity index (χ3v) is 3.11. The maximum Gasteiger partial charge on any atom is 0.0416 e. The van der Waals surface area contributed by atoms with Gasteiger partial charge in [-0.05, 0) is 44.9 Å². The lowest BCUT2D eigenvalue weighted by atomic mass is 10.1. The van der Waals surface area contributed by atoms with E-state index in [-0.39, 0.29) is 0 Å². The van der Waals surface area contributed by atoms with Crippen molar-refractivity contribution in [1.82, 2.24) is 9.88 Å². The molecule has 1 rings (SSSR count). The summed E-state index contributed by atoms with van der Waals surface area (Å²) in [6.45, 7) is 11.4. The predicted octanol–water partition coefficient (Wildman–Crippen LogP) is 3.38. The summed E-state index contributed by atoms with van der Waals surface area (Å²) in [4.78, 5) is 6.93. The first-order chi connectivity index (χ1) is 8.09. The Morgan fingerprint density at radius 3 is 2.41 bits per heavy atom. The molecule has 0 fully saturated rings. The molecule has 1 aromatic heterocycles. The van der Waals surface area contributed by atoms with Gasteiger partial charge in [-0.3, -0.25) is 4.98 Å². The zero-order valence-corrected chi connectivity index (χ0v) is 11.7. The summed E-state index contributed by atoms with van der Waals surface area (Å²) in [6, 6.07) is 6.78. The number of nitrogens with zero attached hydrogens (tertiary/aromatic N) is 2. The minimum atomic E-state index is 0.623. The number of aromatic nitrogens is 1. The van der Waals surface area contributed by atoms with Crippen LogP contribution in [0, 0.1) is 5.92 Å². The molecule has 0 radical (unpaired) electrons. The van der Waals surface area contributed by atoms with Crippen LogP contribution in [0.3, 0.4) is 0 Å². The van der Waals surface area contributed by atoms with E-state index in [0.29, 0.717) is 6.04 Å². The summed E-state index contributed by atoms with van der Waals surface area (Å²) in [5.41, 5.74) is 1.20. The molecule has 0 saturated heterocycles. The molecule has 0 aliphatic rings. The highest BCUT2D eigenvalue weighted by Crippen LogP contribution is 2.07. The van der Waals surface area contributed by atoms with E-state index >= 15 is 0 Å². The number of pyridine rings is 1. The van der Waals surface area contributed by atoms with E-state index in [4.69, 9.17) is 0 Å². The fourth-order valence-electron chi connectivity index (χ4n) is 1.86. The van der Waals surface area contributed by atoms with Gasteiger partial charge in [0.1, 0.15) is 0 Å². The maximum atomic E-state index is 4.38. The average Bonchev–Trinajstić information content (AvgIpc) is 2.29. The van der Waals surface area contributed by atoms with Crippen LogP contribution in [0.4, 0.5) is 0 Å². The molecule has 0 saturated carbocycles. The van der Waals surface area contributed by atoms with Gasteiger partial charge in [0.2, 0.25) is 0 Å². The Morgan fingerprint density at radius 1 is 1.12 bits per heavy atom. The second-order valence-corrected chi connectivity index (χ2v) is 5.38. The molecule has 0 aliphatic carbocycles. The van der Waals surface area contributed by atoms with Crippen LogP contribution in [-0.2, 0) is 6.42 Å². The first-order valence-electron chi connectivity index (χ1n) is 6.73. The molecule has 2 nitrogen and oxygen atoms in total. The summed E-state index contributed by atoms with van der Waals surface area (Å²) < 4.78 is 0. The molecule has 0 amide bonds. The monoisotopic (exact) mass is 234 g/mol. The fourth-order valence-corrected chi connectivity index (χ4v) is 1.86. The SMILES string of the molecule is CC(C)CCN(CCc1ccccn1)C(C)C. The van der Waals surface area contributed by atoms with Crippen LogP contribution in [0.15, 0.2) is 24.4 Å². The Bertz CT molecular complexity index is 293. The molecular weight excluding hydrogens is 208 g/mol. The van der Waals surface area contributed by atoms with Gasteiger partial charge in [-0.25, -0.2) is 0 Å². The second-order valence-electron chi connectivity index (χ2n) is 5.38. The quantitative estimate of drug-likeness (QED) is 0.719. The molecule has 0 atom stereocenters. The van der Waals surface area contributed by atoms with E-state index in [0.717, 1.165) is 18.9 Å². The van der Waals surface area contributed by atoms with Crippen molar-refractivity contribution < 1.29 is 0 Å². The number of hydrogen-bond acceptors (Lipinski definition) is 2. The van der Waals surface area contributed by atoms with Gasteiger partial charge in [-0.15, -0.1) is 0 Å². The third-order valence-electron chi connectivity index (χ3n) is 3.11. The topological polar surface area (TPSA) is 16.1 Å². The van der Waals surface area contributed by atoms with Crippen LogP contribution in [0.2, 0.25) is 0 Å². The van der Waals surface area contributed by atoms with E-state index < -0.39 is 0 Å². The van der Waals surface area contributed by atoms with E-state index in [9.17, 15) is 0 Å². The summed E-state index contributed by atoms with van der Waals surface area (Å²) in [7, 11) is 0. The zero-order valence-electron chi connectivity index (χ0n) is 11.7. The lowest BCUT2D eigenvalue weighted by Crippen LogP contribution is -2.34. The molecule has 17 heavy (non-hydrogen) atoms. The third kappa shape index (κ3) is 5.83. The summed E-state index contributed by atoms with van der Waals surface area (Å²) in [6.07, 6.45) is 4.21. The lowest BCUT2D eigenvalue weighted by Gasteiger charge is -2.27. The molecular formula is C15H26N2. The van der Waals surface area contributed by atoms with Crippen molar-refractivity contribution in [2.24, 2.45) is 5.92 Å². The Kier molecular flexibility index (Phi) is 6.20. The fraction of sp³-hybridized carbons (Fsp3) is 0.667. The number of hydrogen-bond donors (Lipinski definition) is 0. The highest BCUT2D eigenvalue weighted by Gasteiger charge is 2.10. The van der Waals surface area contributed by atoms with Gasteiger partial charge in [0, 0.05) is 30.9 Å². The smallest absolute Gasteiger partial charge is 0.0416 e. The van der Waals surface area contributed by atoms with Gasteiger partial charge < -0.3 is 4.90 Å². The Hall–Kier alpha value is -0.890. The van der Waals surface area contributed by atoms with Crippen molar-refractivity contribution in [2.75, 3.05) is 13.1 Å². The molecule has 0 aliphatic heterocycles. The highest BCUT2D eigenvalue weighted by atomic mass is 15.1. The van der Waals surface area contributed by atoms with E-state index in [1.54, 1.807) is 0 Å². The van der Waals surface area contributed by atoms with E-state index in [1.165, 1.54) is 18.7 Å². The van der Waals surface area contributed by atoms with Crippen LogP contribution in [0.5, 0.6) is 0 Å². The van der Waals surface area contributed by atoms with Crippen molar-refractivity contribution in [3.8, 4) is 0 Å². The molecule has 96 valence electrons. The summed E-state index contributed by atoms with van der Waals surface area (Å²) in [5.74, 6) is 0.783. The van der Waals surface area contributed by atoms with Crippen LogP contribution in [0.1, 0.15) is 39.8 Å². The Morgan fingerprint density at radius 2 is 1.88 bits per heavy atom. The van der Waals surface area contributed by atoms with Crippen molar-refractivity contribution in [1.29, 1.82) is 0 Å². The van der Waals surface area contributed by atoms with Crippen molar-refractivity contribution in [2.45, 2.75) is 46.6 Å². The van der Waals surface area contributed by atoms with Gasteiger partial charge in [0.25, 0.3) is 0 Å². The molecule has 0 unspecified atom stereocenters. The standard InChI is InChI=1S/C15H26N2/c1-13(2)8-11-17(14(3)4)12-9-15-7-5-6-10-16-15/h5-7,10,13-14H,8-9,11-12H2,1-4H3. The first-order valence-corrected chi connectivity index (χ1v) is 6.73. The molecule has 0 spiro atoms. The zero-order chi connectivity index (χ0) is 12.7. The molecule has 0 aromatic carbocycles. The summed E-state index contributed by atoms with van der Waals surface area (Å²) in [5, 5.41) is 0. The second kappa shape index (κ2) is 7.44. The number of rotatable bonds is 7. The molecule has 0 bridgehead atoms. The first kappa shape index (κ1) is 14.2. The van der Waals surface area contributed by atoms with Gasteiger partial charge >= 0.3 is 0 Å².